The molecule has 1 unspecified atom stereocenters. The summed E-state index contributed by atoms with van der Waals surface area (Å²) in [5.41, 5.74) is 0. The van der Waals surface area contributed by atoms with Crippen LogP contribution in [0.5, 0.6) is 0 Å². The van der Waals surface area contributed by atoms with Gasteiger partial charge < -0.3 is 10.6 Å². The van der Waals surface area contributed by atoms with E-state index in [1.165, 1.54) is 0 Å². The first-order valence-electron chi connectivity index (χ1n) is 6.56. The van der Waals surface area contributed by atoms with Gasteiger partial charge in [-0.3, -0.25) is 0 Å². The average molecular weight is 293 g/mol. The monoisotopic (exact) mass is 293 g/mol. The maximum Gasteiger partial charge on any atom is 0.315 e. The predicted molar refractivity (Wildman–Crippen MR) is 78.3 cm³/mol. The van der Waals surface area contributed by atoms with Gasteiger partial charge in [0.1, 0.15) is 0 Å². The highest BCUT2D eigenvalue weighted by Gasteiger charge is 2.17. The highest BCUT2D eigenvalue weighted by molar-refractivity contribution is 7.09. The van der Waals surface area contributed by atoms with Crippen LogP contribution in [0, 0.1) is 5.92 Å². The van der Waals surface area contributed by atoms with Gasteiger partial charge >= 0.3 is 6.03 Å². The number of aromatic nitrogens is 3. The lowest BCUT2D eigenvalue weighted by Gasteiger charge is -2.21. The van der Waals surface area contributed by atoms with Crippen molar-refractivity contribution in [3.05, 3.63) is 34.8 Å². The summed E-state index contributed by atoms with van der Waals surface area (Å²) in [6.07, 6.45) is 3.27. The van der Waals surface area contributed by atoms with Crippen molar-refractivity contribution in [3.8, 4) is 0 Å². The van der Waals surface area contributed by atoms with E-state index < -0.39 is 0 Å². The molecule has 2 aromatic heterocycles. The van der Waals surface area contributed by atoms with Crippen molar-refractivity contribution in [1.29, 1.82) is 0 Å². The van der Waals surface area contributed by atoms with Gasteiger partial charge in [0.2, 0.25) is 0 Å². The van der Waals surface area contributed by atoms with E-state index in [9.17, 15) is 4.79 Å². The summed E-state index contributed by atoms with van der Waals surface area (Å²) in [5, 5.41) is 16.0. The summed E-state index contributed by atoms with van der Waals surface area (Å²) in [7, 11) is 0. The molecule has 0 aliphatic heterocycles. The van der Waals surface area contributed by atoms with Gasteiger partial charge in [0.05, 0.1) is 31.5 Å². The predicted octanol–water partition coefficient (Wildman–Crippen LogP) is 1.86. The molecule has 1 atom stereocenters. The maximum atomic E-state index is 11.9. The maximum absolute atomic E-state index is 11.9. The van der Waals surface area contributed by atoms with E-state index in [0.29, 0.717) is 19.0 Å². The molecule has 0 aliphatic rings. The zero-order chi connectivity index (χ0) is 14.4. The van der Waals surface area contributed by atoms with Crippen LogP contribution in [0.15, 0.2) is 29.9 Å². The molecule has 0 aliphatic carbocycles. The molecule has 6 nitrogen and oxygen atoms in total. The molecule has 20 heavy (non-hydrogen) atoms. The number of amides is 2. The molecule has 0 fully saturated rings. The van der Waals surface area contributed by atoms with E-state index in [4.69, 9.17) is 0 Å². The Bertz CT molecular complexity index is 509. The number of nitrogens with one attached hydrogen (secondary N) is 2. The number of nitrogens with zero attached hydrogens (tertiary/aromatic N) is 3. The Morgan fingerprint density at radius 2 is 2.15 bits per heavy atom. The van der Waals surface area contributed by atoms with Gasteiger partial charge in [0.25, 0.3) is 0 Å². The minimum Gasteiger partial charge on any atom is -0.333 e. The van der Waals surface area contributed by atoms with Gasteiger partial charge in [-0.2, -0.15) is 15.0 Å². The summed E-state index contributed by atoms with van der Waals surface area (Å²) >= 11 is 1.63. The molecule has 2 heterocycles. The summed E-state index contributed by atoms with van der Waals surface area (Å²) in [5.74, 6) is 0.300. The van der Waals surface area contributed by atoms with Gasteiger partial charge in [0.15, 0.2) is 0 Å². The Kier molecular flexibility index (Phi) is 5.11. The molecule has 2 amide bonds. The topological polar surface area (TPSA) is 71.8 Å². The summed E-state index contributed by atoms with van der Waals surface area (Å²) < 4.78 is 0. The molecule has 2 rings (SSSR count). The number of carbonyl (C=O) groups is 1. The first kappa shape index (κ1) is 14.5. The second kappa shape index (κ2) is 7.04. The van der Waals surface area contributed by atoms with Crippen molar-refractivity contribution in [1.82, 2.24) is 25.6 Å². The zero-order valence-electron chi connectivity index (χ0n) is 11.6. The van der Waals surface area contributed by atoms with Crippen LogP contribution < -0.4 is 10.6 Å². The lowest BCUT2D eigenvalue weighted by Crippen LogP contribution is -2.46. The quantitative estimate of drug-likeness (QED) is 0.854. The van der Waals surface area contributed by atoms with Gasteiger partial charge in [-0.15, -0.1) is 11.3 Å². The highest BCUT2D eigenvalue weighted by atomic mass is 32.1. The van der Waals surface area contributed by atoms with Crippen LogP contribution in [0.3, 0.4) is 0 Å². The Labute approximate surface area is 122 Å². The summed E-state index contributed by atoms with van der Waals surface area (Å²) in [6, 6.07) is 3.80. The molecule has 0 bridgehead atoms. The Morgan fingerprint density at radius 3 is 2.75 bits per heavy atom. The van der Waals surface area contributed by atoms with Gasteiger partial charge in [-0.25, -0.2) is 4.79 Å². The van der Waals surface area contributed by atoms with E-state index in [0.717, 1.165) is 4.88 Å². The van der Waals surface area contributed by atoms with Crippen molar-refractivity contribution in [2.24, 2.45) is 5.92 Å². The number of carbonyl (C=O) groups excluding carboxylic acids is 1. The number of rotatable bonds is 6. The minimum atomic E-state index is -0.163. The van der Waals surface area contributed by atoms with Crippen molar-refractivity contribution in [3.63, 3.8) is 0 Å². The van der Waals surface area contributed by atoms with Crippen LogP contribution in [0.25, 0.3) is 0 Å². The van der Waals surface area contributed by atoms with E-state index >= 15 is 0 Å². The van der Waals surface area contributed by atoms with Crippen LogP contribution in [0.4, 0.5) is 4.79 Å². The van der Waals surface area contributed by atoms with E-state index in [-0.39, 0.29) is 12.1 Å². The molecule has 0 spiro atoms. The average Bonchev–Trinajstić information content (AvgIpc) is 3.08. The lowest BCUT2D eigenvalue weighted by molar-refractivity contribution is 0.227. The minimum absolute atomic E-state index is 0.00858. The van der Waals surface area contributed by atoms with Gasteiger partial charge in [0, 0.05) is 4.88 Å². The third-order valence-corrected chi connectivity index (χ3v) is 3.83. The zero-order valence-corrected chi connectivity index (χ0v) is 12.4. The van der Waals surface area contributed by atoms with Crippen LogP contribution in [0.1, 0.15) is 18.7 Å². The Hall–Kier alpha value is -1.89. The fourth-order valence-electron chi connectivity index (χ4n) is 1.74. The molecule has 7 heteroatoms. The molecular formula is C13H19N5OS. The van der Waals surface area contributed by atoms with Gasteiger partial charge in [-0.05, 0) is 17.4 Å². The standard InChI is InChI=1S/C13H19N5OS/c1-10(2)12(9-18-15-5-6-16-18)17-13(19)14-8-11-4-3-7-20-11/h3-7,10,12H,8-9H2,1-2H3,(H2,14,17,19). The molecule has 2 aromatic rings. The first-order valence-corrected chi connectivity index (χ1v) is 7.44. The number of urea groups is 1. The number of thiophene rings is 1. The second-order valence-electron chi connectivity index (χ2n) is 4.84. The lowest BCUT2D eigenvalue weighted by atomic mass is 10.1. The third-order valence-electron chi connectivity index (χ3n) is 2.95. The molecule has 0 aromatic carbocycles. The first-order chi connectivity index (χ1) is 9.65. The van der Waals surface area contributed by atoms with Crippen molar-refractivity contribution >= 4 is 17.4 Å². The molecule has 2 N–H and O–H groups in total. The second-order valence-corrected chi connectivity index (χ2v) is 5.87. The number of hydrogen-bond acceptors (Lipinski definition) is 4. The van der Waals surface area contributed by atoms with E-state index in [2.05, 4.69) is 34.7 Å². The van der Waals surface area contributed by atoms with Crippen molar-refractivity contribution < 1.29 is 4.79 Å². The third kappa shape index (κ3) is 4.34. The smallest absolute Gasteiger partial charge is 0.315 e. The van der Waals surface area contributed by atoms with Crippen LogP contribution in [-0.4, -0.2) is 27.1 Å². The van der Waals surface area contributed by atoms with Crippen molar-refractivity contribution in [2.45, 2.75) is 33.0 Å². The summed E-state index contributed by atoms with van der Waals surface area (Å²) in [6.45, 7) is 5.24. The van der Waals surface area contributed by atoms with Crippen LogP contribution in [-0.2, 0) is 13.1 Å². The fraction of sp³-hybridized carbons (Fsp3) is 0.462. The van der Waals surface area contributed by atoms with Gasteiger partial charge in [-0.1, -0.05) is 19.9 Å². The van der Waals surface area contributed by atoms with Crippen molar-refractivity contribution in [2.75, 3.05) is 0 Å². The van der Waals surface area contributed by atoms with Crippen LogP contribution in [0.2, 0.25) is 0 Å². The molecule has 0 saturated heterocycles. The fourth-order valence-corrected chi connectivity index (χ4v) is 2.38. The molecule has 108 valence electrons. The SMILES string of the molecule is CC(C)C(Cn1nccn1)NC(=O)NCc1cccs1. The van der Waals surface area contributed by atoms with E-state index in [1.807, 2.05) is 17.5 Å². The number of hydrogen-bond donors (Lipinski definition) is 2. The van der Waals surface area contributed by atoms with Crippen LogP contribution >= 0.6 is 11.3 Å². The largest absolute Gasteiger partial charge is 0.333 e. The molecular weight excluding hydrogens is 274 g/mol. The normalized spacial score (nSPS) is 12.3. The Morgan fingerprint density at radius 1 is 1.40 bits per heavy atom. The summed E-state index contributed by atoms with van der Waals surface area (Å²) in [4.78, 5) is 14.6. The Balaban J connectivity index is 1.82. The molecule has 0 radical (unpaired) electrons. The molecule has 0 saturated carbocycles. The van der Waals surface area contributed by atoms with E-state index in [1.54, 1.807) is 28.5 Å². The highest BCUT2D eigenvalue weighted by Crippen LogP contribution is 2.07.